The third kappa shape index (κ3) is 2.99. The van der Waals surface area contributed by atoms with Crippen molar-refractivity contribution in [2.45, 2.75) is 23.8 Å². The summed E-state index contributed by atoms with van der Waals surface area (Å²) in [5.41, 5.74) is 6.28. The van der Waals surface area contributed by atoms with Crippen molar-refractivity contribution in [1.29, 1.82) is 0 Å². The molecule has 23 heavy (non-hydrogen) atoms. The van der Waals surface area contributed by atoms with Crippen LogP contribution in [-0.4, -0.2) is 51.5 Å². The van der Waals surface area contributed by atoms with E-state index in [0.717, 1.165) is 12.8 Å². The molecular weight excluding hydrogens is 322 g/mol. The lowest BCUT2D eigenvalue weighted by atomic mass is 10.1. The lowest BCUT2D eigenvalue weighted by molar-refractivity contribution is -0.118. The molecule has 0 aliphatic carbocycles. The van der Waals surface area contributed by atoms with E-state index in [-0.39, 0.29) is 35.7 Å². The van der Waals surface area contributed by atoms with E-state index in [2.05, 4.69) is 5.32 Å². The summed E-state index contributed by atoms with van der Waals surface area (Å²) in [4.78, 5) is 11.4. The predicted molar refractivity (Wildman–Crippen MR) is 83.1 cm³/mol. The molecule has 2 aliphatic rings. The molecule has 1 saturated heterocycles. The van der Waals surface area contributed by atoms with Crippen molar-refractivity contribution in [1.82, 2.24) is 4.31 Å². The van der Waals surface area contributed by atoms with E-state index in [9.17, 15) is 13.2 Å². The second kappa shape index (κ2) is 5.99. The predicted octanol–water partition coefficient (Wildman–Crippen LogP) is 0.138. The number of methoxy groups -OCH3 is 1. The van der Waals surface area contributed by atoms with Crippen molar-refractivity contribution < 1.29 is 22.7 Å². The van der Waals surface area contributed by atoms with Gasteiger partial charge in [0.2, 0.25) is 10.0 Å². The van der Waals surface area contributed by atoms with Crippen molar-refractivity contribution >= 4 is 21.6 Å². The largest absolute Gasteiger partial charge is 0.495 e. The molecule has 3 rings (SSSR count). The summed E-state index contributed by atoms with van der Waals surface area (Å²) in [7, 11) is -2.37. The number of piperidine rings is 1. The lowest BCUT2D eigenvalue weighted by Crippen LogP contribution is -2.45. The molecule has 8 nitrogen and oxygen atoms in total. The van der Waals surface area contributed by atoms with Gasteiger partial charge in [-0.15, -0.1) is 0 Å². The summed E-state index contributed by atoms with van der Waals surface area (Å²) in [6.07, 6.45) is 1.53. The minimum absolute atomic E-state index is 0.0176. The monoisotopic (exact) mass is 341 g/mol. The van der Waals surface area contributed by atoms with Crippen LogP contribution in [0.3, 0.4) is 0 Å². The van der Waals surface area contributed by atoms with Gasteiger partial charge >= 0.3 is 0 Å². The number of sulfonamides is 1. The highest BCUT2D eigenvalue weighted by atomic mass is 32.2. The zero-order valence-corrected chi connectivity index (χ0v) is 13.6. The summed E-state index contributed by atoms with van der Waals surface area (Å²) < 4.78 is 37.7. The molecule has 9 heteroatoms. The summed E-state index contributed by atoms with van der Waals surface area (Å²) in [5, 5.41) is 2.63. The van der Waals surface area contributed by atoms with Crippen LogP contribution in [-0.2, 0) is 14.8 Å². The minimum Gasteiger partial charge on any atom is -0.495 e. The van der Waals surface area contributed by atoms with Gasteiger partial charge in [0.25, 0.3) is 5.91 Å². The molecule has 0 spiro atoms. The quantitative estimate of drug-likeness (QED) is 0.809. The molecule has 0 saturated carbocycles. The Kier molecular flexibility index (Phi) is 4.17. The van der Waals surface area contributed by atoms with Crippen LogP contribution in [0.1, 0.15) is 12.8 Å². The van der Waals surface area contributed by atoms with E-state index in [0.29, 0.717) is 18.0 Å². The number of rotatable bonds is 3. The number of nitrogens with two attached hydrogens (primary N) is 1. The first kappa shape index (κ1) is 16.0. The number of benzene rings is 1. The number of fused-ring (bicyclic) bond motifs is 1. The van der Waals surface area contributed by atoms with E-state index in [4.69, 9.17) is 15.2 Å². The molecule has 1 atom stereocenters. The van der Waals surface area contributed by atoms with Crippen LogP contribution in [0.15, 0.2) is 17.0 Å². The van der Waals surface area contributed by atoms with Crippen molar-refractivity contribution in [3.05, 3.63) is 12.1 Å². The van der Waals surface area contributed by atoms with Gasteiger partial charge in [0, 0.05) is 31.3 Å². The number of hydrogen-bond donors (Lipinski definition) is 2. The maximum Gasteiger partial charge on any atom is 0.262 e. The highest BCUT2D eigenvalue weighted by Gasteiger charge is 2.33. The van der Waals surface area contributed by atoms with Crippen LogP contribution in [0, 0.1) is 0 Å². The maximum atomic E-state index is 12.9. The molecule has 1 amide bonds. The Balaban J connectivity index is 2.02. The van der Waals surface area contributed by atoms with Crippen LogP contribution in [0.4, 0.5) is 5.69 Å². The highest BCUT2D eigenvalue weighted by molar-refractivity contribution is 7.89. The van der Waals surface area contributed by atoms with Gasteiger partial charge in [-0.25, -0.2) is 8.42 Å². The summed E-state index contributed by atoms with van der Waals surface area (Å²) in [6, 6.07) is 2.68. The summed E-state index contributed by atoms with van der Waals surface area (Å²) in [6.45, 7) is 0.557. The molecule has 1 aromatic carbocycles. The van der Waals surface area contributed by atoms with Crippen LogP contribution >= 0.6 is 0 Å². The number of carbonyl (C=O) groups is 1. The molecule has 1 unspecified atom stereocenters. The Morgan fingerprint density at radius 1 is 1.43 bits per heavy atom. The van der Waals surface area contributed by atoms with Crippen molar-refractivity contribution in [3.63, 3.8) is 0 Å². The SMILES string of the molecule is COc1cc2c(cc1S(=O)(=O)N1CCCC(N)C1)OCC(=O)N2. The van der Waals surface area contributed by atoms with Gasteiger partial charge in [0.1, 0.15) is 16.4 Å². The zero-order valence-electron chi connectivity index (χ0n) is 12.7. The van der Waals surface area contributed by atoms with Gasteiger partial charge in [-0.05, 0) is 12.8 Å². The molecule has 2 aliphatic heterocycles. The number of ether oxygens (including phenoxy) is 2. The number of amides is 1. The molecule has 126 valence electrons. The first-order valence-corrected chi connectivity index (χ1v) is 8.76. The fourth-order valence-electron chi connectivity index (χ4n) is 2.78. The summed E-state index contributed by atoms with van der Waals surface area (Å²) >= 11 is 0. The van der Waals surface area contributed by atoms with Gasteiger partial charge in [-0.2, -0.15) is 4.31 Å². The van der Waals surface area contributed by atoms with Gasteiger partial charge in [-0.1, -0.05) is 0 Å². The van der Waals surface area contributed by atoms with Crippen molar-refractivity contribution in [3.8, 4) is 11.5 Å². The molecule has 0 aromatic heterocycles. The highest BCUT2D eigenvalue weighted by Crippen LogP contribution is 2.38. The van der Waals surface area contributed by atoms with E-state index in [1.165, 1.54) is 23.5 Å². The van der Waals surface area contributed by atoms with Gasteiger partial charge in [-0.3, -0.25) is 4.79 Å². The Morgan fingerprint density at radius 3 is 2.91 bits per heavy atom. The van der Waals surface area contributed by atoms with E-state index >= 15 is 0 Å². The summed E-state index contributed by atoms with van der Waals surface area (Å²) in [5.74, 6) is 0.177. The number of nitrogens with one attached hydrogen (secondary N) is 1. The molecule has 2 heterocycles. The van der Waals surface area contributed by atoms with E-state index in [1.807, 2.05) is 0 Å². The molecule has 1 aromatic rings. The Bertz CT molecular complexity index is 734. The second-order valence-corrected chi connectivity index (χ2v) is 7.51. The molecule has 0 bridgehead atoms. The average molecular weight is 341 g/mol. The third-order valence-corrected chi connectivity index (χ3v) is 5.82. The first-order valence-electron chi connectivity index (χ1n) is 7.32. The number of carbonyl (C=O) groups excluding carboxylic acids is 1. The molecule has 1 fully saturated rings. The molecular formula is C14H19N3O5S. The molecule has 3 N–H and O–H groups in total. The Hall–Kier alpha value is -1.84. The van der Waals surface area contributed by atoms with Crippen molar-refractivity contribution in [2.75, 3.05) is 32.1 Å². The smallest absolute Gasteiger partial charge is 0.262 e. The second-order valence-electron chi connectivity index (χ2n) is 5.60. The first-order chi connectivity index (χ1) is 10.9. The fraction of sp³-hybridized carbons (Fsp3) is 0.500. The number of nitrogens with zero attached hydrogens (tertiary/aromatic N) is 1. The van der Waals surface area contributed by atoms with Crippen LogP contribution < -0.4 is 20.5 Å². The topological polar surface area (TPSA) is 111 Å². The Labute approximate surface area is 134 Å². The zero-order chi connectivity index (χ0) is 16.6. The van der Waals surface area contributed by atoms with E-state index < -0.39 is 10.0 Å². The van der Waals surface area contributed by atoms with Crippen LogP contribution in [0.2, 0.25) is 0 Å². The van der Waals surface area contributed by atoms with Crippen LogP contribution in [0.25, 0.3) is 0 Å². The van der Waals surface area contributed by atoms with Gasteiger partial charge < -0.3 is 20.5 Å². The standard InChI is InChI=1S/C14H19N3O5S/c1-21-12-5-10-11(22-8-14(18)16-10)6-13(12)23(19,20)17-4-2-3-9(15)7-17/h5-6,9H,2-4,7-8,15H2,1H3,(H,16,18). The fourth-order valence-corrected chi connectivity index (χ4v) is 4.47. The normalized spacial score (nSPS) is 22.0. The number of anilines is 1. The average Bonchev–Trinajstić information content (AvgIpc) is 2.53. The minimum atomic E-state index is -3.75. The van der Waals surface area contributed by atoms with Gasteiger partial charge in [0.05, 0.1) is 12.8 Å². The lowest BCUT2D eigenvalue weighted by Gasteiger charge is -2.30. The maximum absolute atomic E-state index is 12.9. The van der Waals surface area contributed by atoms with E-state index in [1.54, 1.807) is 0 Å². The van der Waals surface area contributed by atoms with Crippen molar-refractivity contribution in [2.24, 2.45) is 5.73 Å². The van der Waals surface area contributed by atoms with Gasteiger partial charge in [0.15, 0.2) is 6.61 Å². The third-order valence-electron chi connectivity index (χ3n) is 3.94. The Morgan fingerprint density at radius 2 is 2.22 bits per heavy atom. The number of hydrogen-bond acceptors (Lipinski definition) is 6. The molecule has 0 radical (unpaired) electrons. The van der Waals surface area contributed by atoms with Crippen LogP contribution in [0.5, 0.6) is 11.5 Å².